The number of hydrogen-bond acceptors (Lipinski definition) is 4. The lowest BCUT2D eigenvalue weighted by molar-refractivity contribution is 0.223. The van der Waals surface area contributed by atoms with Crippen LogP contribution in [0, 0.1) is 0 Å². The van der Waals surface area contributed by atoms with Gasteiger partial charge in [-0.05, 0) is 46.7 Å². The summed E-state index contributed by atoms with van der Waals surface area (Å²) in [4.78, 5) is 14.6. The number of halogens is 1. The molecule has 0 spiro atoms. The van der Waals surface area contributed by atoms with Crippen molar-refractivity contribution in [3.63, 3.8) is 0 Å². The summed E-state index contributed by atoms with van der Waals surface area (Å²) >= 11 is 6.18. The van der Waals surface area contributed by atoms with Crippen LogP contribution in [0.25, 0.3) is 0 Å². The van der Waals surface area contributed by atoms with E-state index < -0.39 is 0 Å². The molecule has 1 aromatic rings. The highest BCUT2D eigenvalue weighted by Crippen LogP contribution is 2.18. The molecule has 2 rings (SSSR count). The van der Waals surface area contributed by atoms with Crippen molar-refractivity contribution < 1.29 is 0 Å². The van der Waals surface area contributed by atoms with Crippen LogP contribution in [-0.2, 0) is 0 Å². The van der Waals surface area contributed by atoms with Gasteiger partial charge >= 0.3 is 0 Å². The maximum Gasteiger partial charge on any atom is 0.287 e. The predicted molar refractivity (Wildman–Crippen MR) is 87.3 cm³/mol. The SMILES string of the molecule is CC(CN1CCCCC1)Nc1cnn(C(C)C)c(=O)c1Cl. The van der Waals surface area contributed by atoms with Gasteiger partial charge in [0.15, 0.2) is 0 Å². The summed E-state index contributed by atoms with van der Waals surface area (Å²) in [6.45, 7) is 9.22. The van der Waals surface area contributed by atoms with Gasteiger partial charge in [0.05, 0.1) is 17.9 Å². The van der Waals surface area contributed by atoms with E-state index in [4.69, 9.17) is 11.6 Å². The molecule has 1 aromatic heterocycles. The summed E-state index contributed by atoms with van der Waals surface area (Å²) in [6.07, 6.45) is 5.54. The van der Waals surface area contributed by atoms with E-state index in [-0.39, 0.29) is 22.7 Å². The first-order chi connectivity index (χ1) is 9.99. The summed E-state index contributed by atoms with van der Waals surface area (Å²) in [5.41, 5.74) is 0.393. The second-order valence-corrected chi connectivity index (χ2v) is 6.50. The summed E-state index contributed by atoms with van der Waals surface area (Å²) in [7, 11) is 0. The number of piperidine rings is 1. The zero-order valence-electron chi connectivity index (χ0n) is 13.1. The highest BCUT2D eigenvalue weighted by molar-refractivity contribution is 6.32. The first-order valence-corrected chi connectivity index (χ1v) is 8.13. The first-order valence-electron chi connectivity index (χ1n) is 7.75. The number of aromatic nitrogens is 2. The summed E-state index contributed by atoms with van der Waals surface area (Å²) in [5, 5.41) is 7.72. The fourth-order valence-corrected chi connectivity index (χ4v) is 2.94. The molecule has 0 bridgehead atoms. The number of hydrogen-bond donors (Lipinski definition) is 1. The largest absolute Gasteiger partial charge is 0.379 e. The van der Waals surface area contributed by atoms with E-state index in [0.717, 1.165) is 19.6 Å². The van der Waals surface area contributed by atoms with Crippen molar-refractivity contribution in [3.05, 3.63) is 21.6 Å². The van der Waals surface area contributed by atoms with Gasteiger partial charge in [-0.25, -0.2) is 4.68 Å². The van der Waals surface area contributed by atoms with Crippen molar-refractivity contribution in [1.82, 2.24) is 14.7 Å². The lowest BCUT2D eigenvalue weighted by Gasteiger charge is -2.29. The van der Waals surface area contributed by atoms with Crippen LogP contribution in [-0.4, -0.2) is 40.4 Å². The van der Waals surface area contributed by atoms with E-state index in [1.54, 1.807) is 6.20 Å². The van der Waals surface area contributed by atoms with Crippen molar-refractivity contribution in [2.45, 2.75) is 52.1 Å². The van der Waals surface area contributed by atoms with Crippen molar-refractivity contribution in [2.24, 2.45) is 0 Å². The predicted octanol–water partition coefficient (Wildman–Crippen LogP) is 2.76. The van der Waals surface area contributed by atoms with Crippen LogP contribution in [0.15, 0.2) is 11.0 Å². The Morgan fingerprint density at radius 3 is 2.57 bits per heavy atom. The van der Waals surface area contributed by atoms with Gasteiger partial charge in [0, 0.05) is 12.6 Å². The molecule has 5 nitrogen and oxygen atoms in total. The lowest BCUT2D eigenvalue weighted by atomic mass is 10.1. The topological polar surface area (TPSA) is 50.2 Å². The molecular formula is C15H25ClN4O. The van der Waals surface area contributed by atoms with Gasteiger partial charge in [0.2, 0.25) is 0 Å². The van der Waals surface area contributed by atoms with Crippen LogP contribution in [0.5, 0.6) is 0 Å². The molecule has 118 valence electrons. The minimum Gasteiger partial charge on any atom is -0.379 e. The third-order valence-electron chi connectivity index (χ3n) is 3.82. The molecule has 0 saturated carbocycles. The average molecular weight is 313 g/mol. The molecule has 6 heteroatoms. The molecule has 0 radical (unpaired) electrons. The lowest BCUT2D eigenvalue weighted by Crippen LogP contribution is -2.38. The fraction of sp³-hybridized carbons (Fsp3) is 0.733. The molecule has 1 fully saturated rings. The second-order valence-electron chi connectivity index (χ2n) is 6.12. The van der Waals surface area contributed by atoms with Crippen LogP contribution in [0.3, 0.4) is 0 Å². The Labute approximate surface area is 131 Å². The molecule has 1 atom stereocenters. The van der Waals surface area contributed by atoms with Crippen molar-refractivity contribution >= 4 is 17.3 Å². The van der Waals surface area contributed by atoms with Gasteiger partial charge in [-0.15, -0.1) is 0 Å². The van der Waals surface area contributed by atoms with Gasteiger partial charge in [-0.3, -0.25) is 4.79 Å². The number of likely N-dealkylation sites (tertiary alicyclic amines) is 1. The van der Waals surface area contributed by atoms with E-state index >= 15 is 0 Å². The Kier molecular flexibility index (Phi) is 5.65. The summed E-state index contributed by atoms with van der Waals surface area (Å²) < 4.78 is 1.41. The molecule has 2 heterocycles. The quantitative estimate of drug-likeness (QED) is 0.908. The Morgan fingerprint density at radius 2 is 1.95 bits per heavy atom. The zero-order valence-corrected chi connectivity index (χ0v) is 13.9. The molecule has 0 aliphatic carbocycles. The fourth-order valence-electron chi connectivity index (χ4n) is 2.75. The Morgan fingerprint density at radius 1 is 1.29 bits per heavy atom. The van der Waals surface area contributed by atoms with E-state index in [9.17, 15) is 4.79 Å². The number of anilines is 1. The van der Waals surface area contributed by atoms with Crippen LogP contribution in [0.1, 0.15) is 46.1 Å². The van der Waals surface area contributed by atoms with Gasteiger partial charge in [0.1, 0.15) is 5.02 Å². The van der Waals surface area contributed by atoms with Crippen LogP contribution >= 0.6 is 11.6 Å². The second kappa shape index (κ2) is 7.27. The van der Waals surface area contributed by atoms with Gasteiger partial charge < -0.3 is 10.2 Å². The van der Waals surface area contributed by atoms with Crippen LogP contribution in [0.2, 0.25) is 5.02 Å². The van der Waals surface area contributed by atoms with E-state index in [2.05, 4.69) is 22.2 Å². The maximum absolute atomic E-state index is 12.1. The first kappa shape index (κ1) is 16.3. The third kappa shape index (κ3) is 4.20. The van der Waals surface area contributed by atoms with E-state index in [1.807, 2.05) is 13.8 Å². The highest BCUT2D eigenvalue weighted by atomic mass is 35.5. The number of nitrogens with zero attached hydrogens (tertiary/aromatic N) is 3. The molecule has 1 aliphatic heterocycles. The summed E-state index contributed by atoms with van der Waals surface area (Å²) in [5.74, 6) is 0. The van der Waals surface area contributed by atoms with E-state index in [0.29, 0.717) is 5.69 Å². The average Bonchev–Trinajstić information content (AvgIpc) is 2.44. The van der Waals surface area contributed by atoms with Crippen LogP contribution < -0.4 is 10.9 Å². The monoisotopic (exact) mass is 312 g/mol. The normalized spacial score (nSPS) is 18.0. The van der Waals surface area contributed by atoms with Crippen molar-refractivity contribution in [1.29, 1.82) is 0 Å². The molecular weight excluding hydrogens is 288 g/mol. The molecule has 0 aromatic carbocycles. The minimum atomic E-state index is -0.234. The Bertz CT molecular complexity index is 523. The Balaban J connectivity index is 2.02. The third-order valence-corrected chi connectivity index (χ3v) is 4.18. The van der Waals surface area contributed by atoms with Crippen molar-refractivity contribution in [3.8, 4) is 0 Å². The van der Waals surface area contributed by atoms with Crippen molar-refractivity contribution in [2.75, 3.05) is 25.0 Å². The number of rotatable bonds is 5. The maximum atomic E-state index is 12.1. The Hall–Kier alpha value is -1.07. The van der Waals surface area contributed by atoms with E-state index in [1.165, 1.54) is 23.9 Å². The number of nitrogens with one attached hydrogen (secondary N) is 1. The summed E-state index contributed by atoms with van der Waals surface area (Å²) in [6, 6.07) is 0.242. The molecule has 0 amide bonds. The van der Waals surface area contributed by atoms with Crippen LogP contribution in [0.4, 0.5) is 5.69 Å². The van der Waals surface area contributed by atoms with Gasteiger partial charge in [-0.2, -0.15) is 5.10 Å². The molecule has 1 unspecified atom stereocenters. The smallest absolute Gasteiger partial charge is 0.287 e. The molecule has 1 aliphatic rings. The zero-order chi connectivity index (χ0) is 15.4. The molecule has 1 saturated heterocycles. The molecule has 1 N–H and O–H groups in total. The standard InChI is InChI=1S/C15H25ClN4O/c1-11(2)20-15(21)14(16)13(9-17-20)18-12(3)10-19-7-5-4-6-8-19/h9,11-12,18H,4-8,10H2,1-3H3. The highest BCUT2D eigenvalue weighted by Gasteiger charge is 2.16. The minimum absolute atomic E-state index is 0.00910. The van der Waals surface area contributed by atoms with Gasteiger partial charge in [0.25, 0.3) is 5.56 Å². The molecule has 21 heavy (non-hydrogen) atoms. The van der Waals surface area contributed by atoms with Gasteiger partial charge in [-0.1, -0.05) is 18.0 Å².